The van der Waals surface area contributed by atoms with Gasteiger partial charge in [-0.1, -0.05) is 17.3 Å². The van der Waals surface area contributed by atoms with Gasteiger partial charge in [0.05, 0.1) is 11.0 Å². The van der Waals surface area contributed by atoms with Crippen molar-refractivity contribution in [3.05, 3.63) is 34.6 Å². The van der Waals surface area contributed by atoms with Crippen LogP contribution < -0.4 is 10.9 Å². The number of carbonyl (C=O) groups is 1. The average Bonchev–Trinajstić information content (AvgIpc) is 2.56. The molecular formula is C18H24N4O3. The van der Waals surface area contributed by atoms with Crippen molar-refractivity contribution in [1.29, 1.82) is 0 Å². The molecule has 0 unspecified atom stereocenters. The van der Waals surface area contributed by atoms with Gasteiger partial charge >= 0.3 is 0 Å². The summed E-state index contributed by atoms with van der Waals surface area (Å²) in [6.07, 6.45) is 2.56. The molecule has 7 heteroatoms. The second kappa shape index (κ2) is 7.31. The topological polar surface area (TPSA) is 86.1 Å². The number of hydrogen-bond acceptors (Lipinski definition) is 5. The zero-order chi connectivity index (χ0) is 17.9. The van der Waals surface area contributed by atoms with E-state index < -0.39 is 0 Å². The third-order valence-corrected chi connectivity index (χ3v) is 4.47. The summed E-state index contributed by atoms with van der Waals surface area (Å²) in [6.45, 7) is 5.12. The Morgan fingerprint density at radius 3 is 3.00 bits per heavy atom. The number of nitrogens with one attached hydrogen (secondary N) is 1. The van der Waals surface area contributed by atoms with Crippen molar-refractivity contribution in [1.82, 2.24) is 20.3 Å². The summed E-state index contributed by atoms with van der Waals surface area (Å²) in [5, 5.41) is 11.6. The van der Waals surface area contributed by atoms with E-state index in [4.69, 9.17) is 4.74 Å². The number of ether oxygens (including phenoxy) is 1. The van der Waals surface area contributed by atoms with Gasteiger partial charge in [-0.05, 0) is 45.2 Å². The van der Waals surface area contributed by atoms with E-state index in [1.165, 1.54) is 4.68 Å². The largest absolute Gasteiger partial charge is 0.375 e. The number of carbonyl (C=O) groups excluding carboxylic acids is 1. The molecule has 0 radical (unpaired) electrons. The fourth-order valence-corrected chi connectivity index (χ4v) is 3.21. The smallest absolute Gasteiger partial charge is 0.277 e. The van der Waals surface area contributed by atoms with Crippen LogP contribution in [0.25, 0.3) is 10.9 Å². The molecule has 2 heterocycles. The molecule has 1 aromatic heterocycles. The van der Waals surface area contributed by atoms with Gasteiger partial charge in [0.25, 0.3) is 5.56 Å². The SMILES string of the molecule is CC1(C)C[C@H](NC(=O)CCCn2nnc3ccccc3c2=O)CCO1. The molecule has 1 saturated heterocycles. The van der Waals surface area contributed by atoms with E-state index in [1.807, 2.05) is 19.9 Å². The van der Waals surface area contributed by atoms with Crippen LogP contribution in [0, 0.1) is 0 Å². The molecule has 0 saturated carbocycles. The highest BCUT2D eigenvalue weighted by molar-refractivity contribution is 5.77. The number of hydrogen-bond donors (Lipinski definition) is 1. The van der Waals surface area contributed by atoms with Crippen molar-refractivity contribution in [2.45, 2.75) is 57.7 Å². The van der Waals surface area contributed by atoms with Gasteiger partial charge in [-0.2, -0.15) is 0 Å². The van der Waals surface area contributed by atoms with Crippen LogP contribution in [0.15, 0.2) is 29.1 Å². The van der Waals surface area contributed by atoms with E-state index in [0.29, 0.717) is 36.9 Å². The molecule has 0 aliphatic carbocycles. The summed E-state index contributed by atoms with van der Waals surface area (Å²) in [5.74, 6) is 0.00416. The quantitative estimate of drug-likeness (QED) is 0.891. The van der Waals surface area contributed by atoms with E-state index in [0.717, 1.165) is 12.8 Å². The molecule has 1 fully saturated rings. The Morgan fingerprint density at radius 2 is 2.20 bits per heavy atom. The minimum absolute atomic E-state index is 0.00416. The summed E-state index contributed by atoms with van der Waals surface area (Å²) in [4.78, 5) is 24.5. The number of rotatable bonds is 5. The predicted molar refractivity (Wildman–Crippen MR) is 94.2 cm³/mol. The molecule has 0 spiro atoms. The van der Waals surface area contributed by atoms with Crippen LogP contribution in [0.4, 0.5) is 0 Å². The third kappa shape index (κ3) is 4.42. The van der Waals surface area contributed by atoms with Gasteiger partial charge in [0.2, 0.25) is 5.91 Å². The molecule has 2 aromatic rings. The third-order valence-electron chi connectivity index (χ3n) is 4.47. The predicted octanol–water partition coefficient (Wildman–Crippen LogP) is 1.65. The first-order chi connectivity index (χ1) is 11.9. The van der Waals surface area contributed by atoms with E-state index in [2.05, 4.69) is 15.6 Å². The molecule has 1 aliphatic heterocycles. The zero-order valence-electron chi connectivity index (χ0n) is 14.7. The van der Waals surface area contributed by atoms with Crippen molar-refractivity contribution in [3.8, 4) is 0 Å². The second-order valence-electron chi connectivity index (χ2n) is 7.10. The lowest BCUT2D eigenvalue weighted by Gasteiger charge is -2.35. The van der Waals surface area contributed by atoms with E-state index in [-0.39, 0.29) is 23.1 Å². The van der Waals surface area contributed by atoms with Crippen molar-refractivity contribution in [3.63, 3.8) is 0 Å². The Bertz CT molecular complexity index is 815. The Kier molecular flexibility index (Phi) is 5.13. The van der Waals surface area contributed by atoms with Crippen LogP contribution in [0.1, 0.15) is 39.5 Å². The van der Waals surface area contributed by atoms with Crippen LogP contribution in [0.2, 0.25) is 0 Å². The molecule has 1 aromatic carbocycles. The number of aryl methyl sites for hydroxylation is 1. The molecule has 1 amide bonds. The van der Waals surface area contributed by atoms with Gasteiger partial charge in [0.15, 0.2) is 0 Å². The fourth-order valence-electron chi connectivity index (χ4n) is 3.21. The molecule has 1 atom stereocenters. The monoisotopic (exact) mass is 344 g/mol. The first-order valence-electron chi connectivity index (χ1n) is 8.70. The molecule has 0 bridgehead atoms. The van der Waals surface area contributed by atoms with Gasteiger partial charge in [-0.15, -0.1) is 5.10 Å². The molecule has 1 N–H and O–H groups in total. The van der Waals surface area contributed by atoms with Crippen LogP contribution in [-0.2, 0) is 16.1 Å². The average molecular weight is 344 g/mol. The number of aromatic nitrogens is 3. The van der Waals surface area contributed by atoms with Gasteiger partial charge in [0, 0.05) is 25.6 Å². The Hall–Kier alpha value is -2.28. The summed E-state index contributed by atoms with van der Waals surface area (Å²) in [7, 11) is 0. The first-order valence-corrected chi connectivity index (χ1v) is 8.70. The molecule has 25 heavy (non-hydrogen) atoms. The molecule has 134 valence electrons. The van der Waals surface area contributed by atoms with Gasteiger partial charge in [0.1, 0.15) is 5.52 Å². The highest BCUT2D eigenvalue weighted by Gasteiger charge is 2.29. The van der Waals surface area contributed by atoms with Crippen LogP contribution in [-0.4, -0.2) is 39.2 Å². The normalized spacial score (nSPS) is 19.7. The van der Waals surface area contributed by atoms with Crippen LogP contribution in [0.5, 0.6) is 0 Å². The van der Waals surface area contributed by atoms with Gasteiger partial charge in [-0.3, -0.25) is 9.59 Å². The van der Waals surface area contributed by atoms with E-state index in [1.54, 1.807) is 18.2 Å². The highest BCUT2D eigenvalue weighted by Crippen LogP contribution is 2.23. The summed E-state index contributed by atoms with van der Waals surface area (Å²) < 4.78 is 6.99. The van der Waals surface area contributed by atoms with Crippen molar-refractivity contribution in [2.75, 3.05) is 6.61 Å². The second-order valence-corrected chi connectivity index (χ2v) is 7.10. The Morgan fingerprint density at radius 1 is 1.40 bits per heavy atom. The highest BCUT2D eigenvalue weighted by atomic mass is 16.5. The minimum atomic E-state index is -0.190. The fraction of sp³-hybridized carbons (Fsp3) is 0.556. The maximum Gasteiger partial charge on any atom is 0.277 e. The summed E-state index contributed by atoms with van der Waals surface area (Å²) >= 11 is 0. The number of amides is 1. The lowest BCUT2D eigenvalue weighted by Crippen LogP contribution is -2.45. The number of benzene rings is 1. The standard InChI is InChI=1S/C18H24N4O3/c1-18(2)12-13(9-11-25-18)19-16(23)8-5-10-22-17(24)14-6-3-4-7-15(14)20-21-22/h3-4,6-7,13H,5,8-12H2,1-2H3,(H,19,23)/t13-/m1/s1. The maximum atomic E-state index is 12.3. The summed E-state index contributed by atoms with van der Waals surface area (Å²) in [5.41, 5.74) is 0.227. The van der Waals surface area contributed by atoms with Gasteiger partial charge in [-0.25, -0.2) is 4.68 Å². The number of nitrogens with zero attached hydrogens (tertiary/aromatic N) is 3. The molecule has 1 aliphatic rings. The lowest BCUT2D eigenvalue weighted by molar-refractivity contribution is -0.124. The summed E-state index contributed by atoms with van der Waals surface area (Å²) in [6, 6.07) is 7.28. The van der Waals surface area contributed by atoms with Crippen molar-refractivity contribution < 1.29 is 9.53 Å². The Balaban J connectivity index is 1.52. The number of fused-ring (bicyclic) bond motifs is 1. The molecule has 3 rings (SSSR count). The molecule has 7 nitrogen and oxygen atoms in total. The Labute approximate surface area is 146 Å². The zero-order valence-corrected chi connectivity index (χ0v) is 14.7. The first kappa shape index (κ1) is 17.5. The van der Waals surface area contributed by atoms with E-state index in [9.17, 15) is 9.59 Å². The lowest BCUT2D eigenvalue weighted by atomic mass is 9.94. The van der Waals surface area contributed by atoms with Gasteiger partial charge < -0.3 is 10.1 Å². The van der Waals surface area contributed by atoms with Crippen molar-refractivity contribution >= 4 is 16.8 Å². The molecular weight excluding hydrogens is 320 g/mol. The maximum absolute atomic E-state index is 12.3. The minimum Gasteiger partial charge on any atom is -0.375 e. The van der Waals surface area contributed by atoms with Crippen molar-refractivity contribution in [2.24, 2.45) is 0 Å². The van der Waals surface area contributed by atoms with Crippen LogP contribution in [0.3, 0.4) is 0 Å². The van der Waals surface area contributed by atoms with E-state index >= 15 is 0 Å². The van der Waals surface area contributed by atoms with Crippen LogP contribution >= 0.6 is 0 Å².